The van der Waals surface area contributed by atoms with Gasteiger partial charge in [-0.05, 0) is 18.6 Å². The SMILES string of the molecule is COC1=C(C(OC(C)=O)OC(C)=O)C(=O)N(Cc2ccccc2)C2=CC=C(C)C=C1C2. The van der Waals surface area contributed by atoms with Crippen molar-refractivity contribution in [2.75, 3.05) is 7.11 Å². The number of fused-ring (bicyclic) bond motifs is 2. The Hall–Kier alpha value is -3.61. The van der Waals surface area contributed by atoms with Gasteiger partial charge in [0, 0.05) is 31.5 Å². The number of methoxy groups -OCH3 is 1. The largest absolute Gasteiger partial charge is 0.496 e. The van der Waals surface area contributed by atoms with Crippen LogP contribution < -0.4 is 0 Å². The molecule has 7 heteroatoms. The predicted molar refractivity (Wildman–Crippen MR) is 113 cm³/mol. The highest BCUT2D eigenvalue weighted by Gasteiger charge is 2.39. The molecule has 2 bridgehead atoms. The number of carbonyl (C=O) groups excluding carboxylic acids is 3. The summed E-state index contributed by atoms with van der Waals surface area (Å²) < 4.78 is 16.1. The summed E-state index contributed by atoms with van der Waals surface area (Å²) in [6.45, 7) is 4.60. The van der Waals surface area contributed by atoms with Crippen LogP contribution in [-0.2, 0) is 35.1 Å². The fourth-order valence-corrected chi connectivity index (χ4v) is 3.56. The first-order valence-corrected chi connectivity index (χ1v) is 9.87. The lowest BCUT2D eigenvalue weighted by Gasteiger charge is -2.27. The van der Waals surface area contributed by atoms with Gasteiger partial charge in [-0.1, -0.05) is 48.1 Å². The predicted octanol–water partition coefficient (Wildman–Crippen LogP) is 3.54. The van der Waals surface area contributed by atoms with Crippen LogP contribution in [0.2, 0.25) is 0 Å². The molecule has 0 saturated heterocycles. The third kappa shape index (κ3) is 5.12. The van der Waals surface area contributed by atoms with Gasteiger partial charge < -0.3 is 19.1 Å². The van der Waals surface area contributed by atoms with Crippen LogP contribution in [0, 0.1) is 0 Å². The van der Waals surface area contributed by atoms with Gasteiger partial charge in [-0.15, -0.1) is 0 Å². The lowest BCUT2D eigenvalue weighted by molar-refractivity contribution is -0.179. The molecule has 1 heterocycles. The van der Waals surface area contributed by atoms with Crippen LogP contribution in [0.5, 0.6) is 0 Å². The highest BCUT2D eigenvalue weighted by molar-refractivity contribution is 5.98. The molecular formula is C24H25NO6. The van der Waals surface area contributed by atoms with Crippen LogP contribution in [0.1, 0.15) is 32.8 Å². The van der Waals surface area contributed by atoms with Gasteiger partial charge in [-0.3, -0.25) is 14.4 Å². The molecule has 0 fully saturated rings. The number of allylic oxidation sites excluding steroid dienone is 6. The maximum Gasteiger partial charge on any atom is 0.305 e. The number of nitrogens with zero attached hydrogens (tertiary/aromatic N) is 1. The first kappa shape index (κ1) is 22.1. The smallest absolute Gasteiger partial charge is 0.305 e. The van der Waals surface area contributed by atoms with E-state index in [2.05, 4.69) is 0 Å². The molecule has 162 valence electrons. The van der Waals surface area contributed by atoms with E-state index < -0.39 is 24.1 Å². The van der Waals surface area contributed by atoms with E-state index in [0.717, 1.165) is 22.4 Å². The third-order valence-corrected chi connectivity index (χ3v) is 4.84. The molecule has 7 nitrogen and oxygen atoms in total. The molecular weight excluding hydrogens is 398 g/mol. The van der Waals surface area contributed by atoms with Gasteiger partial charge >= 0.3 is 11.9 Å². The lowest BCUT2D eigenvalue weighted by Crippen LogP contribution is -2.37. The molecule has 31 heavy (non-hydrogen) atoms. The summed E-state index contributed by atoms with van der Waals surface area (Å²) in [6.07, 6.45) is 4.62. The Labute approximate surface area is 181 Å². The van der Waals surface area contributed by atoms with Gasteiger partial charge in [0.1, 0.15) is 11.3 Å². The summed E-state index contributed by atoms with van der Waals surface area (Å²) in [5.41, 5.74) is 3.33. The number of hydrogen-bond acceptors (Lipinski definition) is 6. The Kier molecular flexibility index (Phi) is 6.74. The minimum atomic E-state index is -1.53. The zero-order chi connectivity index (χ0) is 22.5. The molecule has 0 unspecified atom stereocenters. The fraction of sp³-hybridized carbons (Fsp3) is 0.292. The van der Waals surface area contributed by atoms with Crippen molar-refractivity contribution in [2.24, 2.45) is 0 Å². The Morgan fingerprint density at radius 3 is 2.29 bits per heavy atom. The molecule has 1 amide bonds. The van der Waals surface area contributed by atoms with E-state index in [1.807, 2.05) is 55.5 Å². The Morgan fingerprint density at radius 1 is 1.06 bits per heavy atom. The summed E-state index contributed by atoms with van der Waals surface area (Å²) in [5, 5.41) is 0. The summed E-state index contributed by atoms with van der Waals surface area (Å²) in [4.78, 5) is 38.8. The van der Waals surface area contributed by atoms with Crippen LogP contribution >= 0.6 is 0 Å². The number of rotatable bonds is 6. The molecule has 1 aliphatic carbocycles. The molecule has 0 N–H and O–H groups in total. The van der Waals surface area contributed by atoms with Gasteiger partial charge in [-0.2, -0.15) is 0 Å². The summed E-state index contributed by atoms with van der Waals surface area (Å²) >= 11 is 0. The van der Waals surface area contributed by atoms with Gasteiger partial charge in [0.15, 0.2) is 0 Å². The van der Waals surface area contributed by atoms with E-state index in [-0.39, 0.29) is 11.3 Å². The topological polar surface area (TPSA) is 82.1 Å². The number of esters is 2. The van der Waals surface area contributed by atoms with Crippen molar-refractivity contribution in [2.45, 2.75) is 40.0 Å². The lowest BCUT2D eigenvalue weighted by atomic mass is 10.0. The van der Waals surface area contributed by atoms with Crippen LogP contribution in [0.3, 0.4) is 0 Å². The van der Waals surface area contributed by atoms with Gasteiger partial charge in [-0.25, -0.2) is 0 Å². The highest BCUT2D eigenvalue weighted by atomic mass is 16.7. The second kappa shape index (κ2) is 9.47. The maximum absolute atomic E-state index is 13.8. The Morgan fingerprint density at radius 2 is 1.71 bits per heavy atom. The van der Waals surface area contributed by atoms with E-state index in [4.69, 9.17) is 14.2 Å². The zero-order valence-electron chi connectivity index (χ0n) is 18.0. The fourth-order valence-electron chi connectivity index (χ4n) is 3.56. The Balaban J connectivity index is 2.19. The molecule has 0 radical (unpaired) electrons. The summed E-state index contributed by atoms with van der Waals surface area (Å²) in [6, 6.07) is 9.53. The second-order valence-electron chi connectivity index (χ2n) is 7.29. The number of amides is 1. The molecule has 1 aromatic rings. The van der Waals surface area contributed by atoms with Crippen molar-refractivity contribution >= 4 is 17.8 Å². The van der Waals surface area contributed by atoms with Crippen molar-refractivity contribution in [3.05, 3.63) is 82.3 Å². The van der Waals surface area contributed by atoms with Crippen molar-refractivity contribution in [1.29, 1.82) is 0 Å². The number of benzene rings is 1. The third-order valence-electron chi connectivity index (χ3n) is 4.84. The van der Waals surface area contributed by atoms with Crippen molar-refractivity contribution in [3.63, 3.8) is 0 Å². The summed E-state index contributed by atoms with van der Waals surface area (Å²) in [5.74, 6) is -1.61. The van der Waals surface area contributed by atoms with Crippen molar-refractivity contribution in [3.8, 4) is 0 Å². The Bertz CT molecular complexity index is 1000. The van der Waals surface area contributed by atoms with Crippen molar-refractivity contribution in [1.82, 2.24) is 4.90 Å². The van der Waals surface area contributed by atoms with Crippen LogP contribution in [0.4, 0.5) is 0 Å². The molecule has 0 saturated carbocycles. The molecule has 1 aliphatic heterocycles. The molecule has 0 spiro atoms. The van der Waals surface area contributed by atoms with E-state index in [1.54, 1.807) is 4.90 Å². The van der Waals surface area contributed by atoms with Gasteiger partial charge in [0.05, 0.1) is 13.7 Å². The molecule has 0 aromatic heterocycles. The average molecular weight is 423 g/mol. The van der Waals surface area contributed by atoms with Gasteiger partial charge in [0.2, 0.25) is 0 Å². The van der Waals surface area contributed by atoms with Crippen LogP contribution in [0.15, 0.2) is 76.7 Å². The number of ether oxygens (including phenoxy) is 3. The van der Waals surface area contributed by atoms with E-state index in [1.165, 1.54) is 21.0 Å². The molecule has 3 rings (SSSR count). The maximum atomic E-state index is 13.8. The zero-order valence-corrected chi connectivity index (χ0v) is 18.0. The minimum Gasteiger partial charge on any atom is -0.496 e. The molecule has 2 aliphatic rings. The van der Waals surface area contributed by atoms with E-state index in [9.17, 15) is 14.4 Å². The number of carbonyl (C=O) groups is 3. The monoisotopic (exact) mass is 423 g/mol. The van der Waals surface area contributed by atoms with E-state index in [0.29, 0.717) is 13.0 Å². The second-order valence-corrected chi connectivity index (χ2v) is 7.29. The molecule has 0 atom stereocenters. The standard InChI is InChI=1S/C24H25NO6/c1-15-10-11-20-13-19(12-15)22(29-4)21(24(30-16(2)26)31-17(3)27)23(28)25(20)14-18-8-6-5-7-9-18/h5-12,24H,13-14H2,1-4H3. The van der Waals surface area contributed by atoms with Crippen molar-refractivity contribution < 1.29 is 28.6 Å². The van der Waals surface area contributed by atoms with Gasteiger partial charge in [0.25, 0.3) is 12.2 Å². The first-order chi connectivity index (χ1) is 14.8. The first-order valence-electron chi connectivity index (χ1n) is 9.87. The normalized spacial score (nSPS) is 16.1. The van der Waals surface area contributed by atoms with E-state index >= 15 is 0 Å². The quantitative estimate of drug-likeness (QED) is 0.514. The summed E-state index contributed by atoms with van der Waals surface area (Å²) in [7, 11) is 1.43. The minimum absolute atomic E-state index is 0.0341. The molecule has 1 aromatic carbocycles. The van der Waals surface area contributed by atoms with Crippen LogP contribution in [-0.4, -0.2) is 36.1 Å². The van der Waals surface area contributed by atoms with Crippen LogP contribution in [0.25, 0.3) is 0 Å². The number of hydrogen-bond donors (Lipinski definition) is 0. The average Bonchev–Trinajstić information content (AvgIpc) is 2.96. The highest BCUT2D eigenvalue weighted by Crippen LogP contribution is 2.36.